The van der Waals surface area contributed by atoms with Gasteiger partial charge >= 0.3 is 0 Å². The number of hydrogen-bond acceptors (Lipinski definition) is 4. The number of hydrogen-bond donors (Lipinski definition) is 3. The highest BCUT2D eigenvalue weighted by Crippen LogP contribution is 2.29. The van der Waals surface area contributed by atoms with Crippen LogP contribution in [0.5, 0.6) is 0 Å². The first kappa shape index (κ1) is 17.1. The maximum Gasteiger partial charge on any atom is 0.254 e. The fourth-order valence-electron chi connectivity index (χ4n) is 3.12. The minimum Gasteiger partial charge on any atom is -0.463 e. The molecule has 4 aromatic rings. The molecular weight excluding hydrogens is 340 g/mol. The fraction of sp³-hybridized carbons (Fsp3) is 0.143. The number of rotatable bonds is 6. The van der Waals surface area contributed by atoms with E-state index in [2.05, 4.69) is 15.3 Å². The molecule has 0 aliphatic heterocycles. The molecule has 3 aromatic heterocycles. The van der Waals surface area contributed by atoms with Crippen molar-refractivity contribution in [3.63, 3.8) is 0 Å². The van der Waals surface area contributed by atoms with Crippen molar-refractivity contribution in [3.05, 3.63) is 78.3 Å². The second-order valence-electron chi connectivity index (χ2n) is 6.40. The number of carbonyl (C=O) groups is 1. The molecule has 27 heavy (non-hydrogen) atoms. The smallest absolute Gasteiger partial charge is 0.254 e. The summed E-state index contributed by atoms with van der Waals surface area (Å²) >= 11 is 0. The lowest BCUT2D eigenvalue weighted by atomic mass is 10.1. The summed E-state index contributed by atoms with van der Waals surface area (Å²) in [5.41, 5.74) is 9.09. The van der Waals surface area contributed by atoms with Gasteiger partial charge < -0.3 is 20.5 Å². The third kappa shape index (κ3) is 3.61. The lowest BCUT2D eigenvalue weighted by Gasteiger charge is -2.16. The van der Waals surface area contributed by atoms with Crippen LogP contribution in [0.1, 0.15) is 15.9 Å². The van der Waals surface area contributed by atoms with Gasteiger partial charge in [-0.05, 0) is 30.2 Å². The number of fused-ring (bicyclic) bond motifs is 1. The molecule has 6 nitrogen and oxygen atoms in total. The van der Waals surface area contributed by atoms with Gasteiger partial charge in [-0.25, -0.2) is 4.98 Å². The van der Waals surface area contributed by atoms with Gasteiger partial charge in [-0.3, -0.25) is 4.79 Å². The quantitative estimate of drug-likeness (QED) is 0.492. The molecule has 0 aliphatic rings. The van der Waals surface area contributed by atoms with Crippen molar-refractivity contribution in [1.29, 1.82) is 0 Å². The number of amides is 1. The summed E-state index contributed by atoms with van der Waals surface area (Å²) in [6.07, 6.45) is 5.71. The van der Waals surface area contributed by atoms with Crippen LogP contribution in [0.25, 0.3) is 22.4 Å². The molecule has 1 atom stereocenters. The molecule has 0 radical (unpaired) electrons. The number of benzene rings is 1. The third-order valence-electron chi connectivity index (χ3n) is 4.52. The first-order valence-electron chi connectivity index (χ1n) is 8.80. The topological polar surface area (TPSA) is 96.9 Å². The molecule has 6 heteroatoms. The zero-order chi connectivity index (χ0) is 18.6. The van der Waals surface area contributed by atoms with Crippen molar-refractivity contribution in [3.8, 4) is 11.3 Å². The van der Waals surface area contributed by atoms with Crippen LogP contribution in [0.3, 0.4) is 0 Å². The summed E-state index contributed by atoms with van der Waals surface area (Å²) < 4.78 is 5.63. The molecule has 4 rings (SSSR count). The monoisotopic (exact) mass is 360 g/mol. The largest absolute Gasteiger partial charge is 0.463 e. The fourth-order valence-corrected chi connectivity index (χ4v) is 3.12. The minimum absolute atomic E-state index is 0.143. The van der Waals surface area contributed by atoms with Crippen LogP contribution in [-0.2, 0) is 6.42 Å². The zero-order valence-electron chi connectivity index (χ0n) is 14.7. The van der Waals surface area contributed by atoms with E-state index in [0.29, 0.717) is 24.3 Å². The number of H-pyrrole nitrogens is 1. The number of aromatic nitrogens is 2. The van der Waals surface area contributed by atoms with E-state index in [1.807, 2.05) is 48.7 Å². The van der Waals surface area contributed by atoms with E-state index in [1.165, 1.54) is 6.26 Å². The number of pyridine rings is 1. The summed E-state index contributed by atoms with van der Waals surface area (Å²) in [6, 6.07) is 15.4. The van der Waals surface area contributed by atoms with Crippen molar-refractivity contribution in [1.82, 2.24) is 15.3 Å². The van der Waals surface area contributed by atoms with E-state index in [4.69, 9.17) is 10.2 Å². The van der Waals surface area contributed by atoms with Gasteiger partial charge in [0.05, 0.1) is 5.56 Å². The summed E-state index contributed by atoms with van der Waals surface area (Å²) in [4.78, 5) is 20.0. The normalized spacial score (nSPS) is 12.2. The number of nitrogens with one attached hydrogen (secondary N) is 2. The summed E-state index contributed by atoms with van der Waals surface area (Å²) in [6.45, 7) is 0.361. The van der Waals surface area contributed by atoms with Crippen LogP contribution in [0.15, 0.2) is 71.6 Å². The molecule has 0 fully saturated rings. The standard InChI is InChI=1S/C21H20N4O2/c22-11-16(9-14-5-2-1-3-6-14)25-21(26)15-10-19(27-13-15)18-12-24-20-17(18)7-4-8-23-20/h1-8,10,12-13,16H,9,11,22H2,(H,23,24)(H,25,26). The molecule has 1 unspecified atom stereocenters. The first-order chi connectivity index (χ1) is 13.2. The molecule has 0 spiro atoms. The van der Waals surface area contributed by atoms with Crippen LogP contribution in [0.2, 0.25) is 0 Å². The van der Waals surface area contributed by atoms with E-state index >= 15 is 0 Å². The molecule has 1 aromatic carbocycles. The molecule has 0 bridgehead atoms. The Kier molecular flexibility index (Phi) is 4.72. The Labute approximate surface area is 156 Å². The highest BCUT2D eigenvalue weighted by atomic mass is 16.3. The highest BCUT2D eigenvalue weighted by molar-refractivity contribution is 5.97. The Morgan fingerprint density at radius 3 is 2.89 bits per heavy atom. The van der Waals surface area contributed by atoms with Gasteiger partial charge in [0.2, 0.25) is 0 Å². The van der Waals surface area contributed by atoms with Crippen molar-refractivity contribution in [2.45, 2.75) is 12.5 Å². The molecular formula is C21H20N4O2. The Morgan fingerprint density at radius 2 is 2.07 bits per heavy atom. The average molecular weight is 360 g/mol. The Morgan fingerprint density at radius 1 is 1.22 bits per heavy atom. The number of nitrogens with zero attached hydrogens (tertiary/aromatic N) is 1. The van der Waals surface area contributed by atoms with Gasteiger partial charge in [0.15, 0.2) is 0 Å². The zero-order valence-corrected chi connectivity index (χ0v) is 14.7. The van der Waals surface area contributed by atoms with Crippen LogP contribution >= 0.6 is 0 Å². The number of aromatic amines is 1. The predicted octanol–water partition coefficient (Wildman–Crippen LogP) is 3.12. The first-order valence-corrected chi connectivity index (χ1v) is 8.80. The average Bonchev–Trinajstić information content (AvgIpc) is 3.35. The lowest BCUT2D eigenvalue weighted by molar-refractivity contribution is 0.0937. The van der Waals surface area contributed by atoms with Gasteiger partial charge in [-0.2, -0.15) is 0 Å². The number of carbonyl (C=O) groups excluding carboxylic acids is 1. The molecule has 1 amide bonds. The molecule has 136 valence electrons. The summed E-state index contributed by atoms with van der Waals surface area (Å²) in [5, 5.41) is 3.93. The van der Waals surface area contributed by atoms with Crippen LogP contribution in [0, 0.1) is 0 Å². The molecule has 0 saturated carbocycles. The van der Waals surface area contributed by atoms with Crippen molar-refractivity contribution in [2.24, 2.45) is 5.73 Å². The third-order valence-corrected chi connectivity index (χ3v) is 4.52. The predicted molar refractivity (Wildman–Crippen MR) is 104 cm³/mol. The van der Waals surface area contributed by atoms with Gasteiger partial charge in [0.25, 0.3) is 5.91 Å². The van der Waals surface area contributed by atoms with Crippen molar-refractivity contribution < 1.29 is 9.21 Å². The number of nitrogens with two attached hydrogens (primary N) is 1. The number of furan rings is 1. The minimum atomic E-state index is -0.200. The van der Waals surface area contributed by atoms with Crippen LogP contribution in [-0.4, -0.2) is 28.5 Å². The van der Waals surface area contributed by atoms with E-state index in [9.17, 15) is 4.79 Å². The van der Waals surface area contributed by atoms with Crippen LogP contribution < -0.4 is 11.1 Å². The van der Waals surface area contributed by atoms with E-state index in [0.717, 1.165) is 22.2 Å². The van der Waals surface area contributed by atoms with E-state index in [-0.39, 0.29) is 11.9 Å². The second-order valence-corrected chi connectivity index (χ2v) is 6.40. The summed E-state index contributed by atoms with van der Waals surface area (Å²) in [7, 11) is 0. The van der Waals surface area contributed by atoms with Gasteiger partial charge in [0.1, 0.15) is 17.7 Å². The van der Waals surface area contributed by atoms with Gasteiger partial charge in [-0.15, -0.1) is 0 Å². The molecule has 0 saturated heterocycles. The van der Waals surface area contributed by atoms with E-state index < -0.39 is 0 Å². The van der Waals surface area contributed by atoms with E-state index in [1.54, 1.807) is 12.3 Å². The summed E-state index contributed by atoms with van der Waals surface area (Å²) in [5.74, 6) is 0.418. The Hall–Kier alpha value is -3.38. The Balaban J connectivity index is 1.50. The van der Waals surface area contributed by atoms with Gasteiger partial charge in [-0.1, -0.05) is 30.3 Å². The van der Waals surface area contributed by atoms with Crippen molar-refractivity contribution in [2.75, 3.05) is 6.54 Å². The second kappa shape index (κ2) is 7.47. The van der Waals surface area contributed by atoms with Crippen molar-refractivity contribution >= 4 is 16.9 Å². The van der Waals surface area contributed by atoms with Gasteiger partial charge in [0, 0.05) is 35.9 Å². The highest BCUT2D eigenvalue weighted by Gasteiger charge is 2.17. The molecule has 3 heterocycles. The molecule has 4 N–H and O–H groups in total. The van der Waals surface area contributed by atoms with Crippen LogP contribution in [0.4, 0.5) is 0 Å². The Bertz CT molecular complexity index is 1050. The molecule has 0 aliphatic carbocycles. The SMILES string of the molecule is NCC(Cc1ccccc1)NC(=O)c1coc(-c2c[nH]c3ncccc23)c1. The maximum atomic E-state index is 12.6. The lowest BCUT2D eigenvalue weighted by Crippen LogP contribution is -2.41. The maximum absolute atomic E-state index is 12.6.